The van der Waals surface area contributed by atoms with Crippen molar-refractivity contribution in [3.63, 3.8) is 0 Å². The van der Waals surface area contributed by atoms with Gasteiger partial charge in [0.2, 0.25) is 0 Å². The molecule has 0 aliphatic carbocycles. The van der Waals surface area contributed by atoms with Gasteiger partial charge in [0.15, 0.2) is 12.6 Å². The molecule has 0 saturated heterocycles. The van der Waals surface area contributed by atoms with Crippen molar-refractivity contribution in [2.45, 2.75) is 19.6 Å². The van der Waals surface area contributed by atoms with Crippen molar-refractivity contribution in [3.05, 3.63) is 29.8 Å². The predicted molar refractivity (Wildman–Crippen MR) is 77.9 cm³/mol. The molecular weight excluding hydrogens is 299 g/mol. The maximum atomic E-state index is 12.0. The van der Waals surface area contributed by atoms with Gasteiger partial charge in [-0.25, -0.2) is 4.99 Å². The van der Waals surface area contributed by atoms with E-state index in [9.17, 15) is 13.2 Å². The normalized spacial score (nSPS) is 12.1. The molecule has 1 rings (SSSR count). The number of halogens is 3. The van der Waals surface area contributed by atoms with Crippen LogP contribution in [0.5, 0.6) is 5.75 Å². The molecule has 0 aliphatic rings. The van der Waals surface area contributed by atoms with Gasteiger partial charge >= 0.3 is 6.18 Å². The highest BCUT2D eigenvalue weighted by Gasteiger charge is 2.28. The molecule has 8 heteroatoms. The van der Waals surface area contributed by atoms with Gasteiger partial charge in [0.05, 0.1) is 13.2 Å². The summed E-state index contributed by atoms with van der Waals surface area (Å²) in [5, 5.41) is 14.7. The Labute approximate surface area is 127 Å². The predicted octanol–water partition coefficient (Wildman–Crippen LogP) is 1.68. The summed E-state index contributed by atoms with van der Waals surface area (Å²) in [6.45, 7) is 2.04. The molecule has 0 atom stereocenters. The van der Waals surface area contributed by atoms with E-state index in [2.05, 4.69) is 20.4 Å². The van der Waals surface area contributed by atoms with Gasteiger partial charge in [-0.1, -0.05) is 12.1 Å². The molecule has 0 heterocycles. The Hall–Kier alpha value is -1.96. The van der Waals surface area contributed by atoms with Crippen LogP contribution in [-0.4, -0.2) is 43.5 Å². The lowest BCUT2D eigenvalue weighted by Gasteiger charge is -2.11. The Bertz CT molecular complexity index is 461. The van der Waals surface area contributed by atoms with Crippen LogP contribution in [0.3, 0.4) is 0 Å². The van der Waals surface area contributed by atoms with E-state index in [1.165, 1.54) is 12.1 Å². The van der Waals surface area contributed by atoms with Crippen LogP contribution in [0.1, 0.15) is 12.5 Å². The molecule has 0 saturated carbocycles. The second-order valence-electron chi connectivity index (χ2n) is 4.39. The SMILES string of the molecule is CCNC(=NCc1ccc(OCC(F)(F)F)cc1)NCCO. The van der Waals surface area contributed by atoms with Crippen LogP contribution < -0.4 is 15.4 Å². The van der Waals surface area contributed by atoms with Crippen LogP contribution in [0, 0.1) is 0 Å². The fourth-order valence-corrected chi connectivity index (χ4v) is 1.54. The molecule has 0 radical (unpaired) electrons. The number of alkyl halides is 3. The van der Waals surface area contributed by atoms with Gasteiger partial charge < -0.3 is 20.5 Å². The zero-order valence-electron chi connectivity index (χ0n) is 12.3. The molecule has 0 amide bonds. The lowest BCUT2D eigenvalue weighted by molar-refractivity contribution is -0.153. The Morgan fingerprint density at radius 1 is 1.23 bits per heavy atom. The first-order chi connectivity index (χ1) is 10.4. The lowest BCUT2D eigenvalue weighted by atomic mass is 10.2. The summed E-state index contributed by atoms with van der Waals surface area (Å²) in [5.41, 5.74) is 0.834. The van der Waals surface area contributed by atoms with Crippen LogP contribution in [0.25, 0.3) is 0 Å². The van der Waals surface area contributed by atoms with Gasteiger partial charge in [-0.05, 0) is 24.6 Å². The van der Waals surface area contributed by atoms with Gasteiger partial charge in [-0.3, -0.25) is 0 Å². The van der Waals surface area contributed by atoms with Crippen molar-refractivity contribution in [3.8, 4) is 5.75 Å². The standard InChI is InChI=1S/C14H20F3N3O2/c1-2-18-13(19-7-8-21)20-9-11-3-5-12(6-4-11)22-10-14(15,16)17/h3-6,21H,2,7-10H2,1H3,(H2,18,19,20). The number of rotatable bonds is 7. The summed E-state index contributed by atoms with van der Waals surface area (Å²) >= 11 is 0. The Kier molecular flexibility index (Phi) is 7.51. The highest BCUT2D eigenvalue weighted by Crippen LogP contribution is 2.19. The molecule has 0 bridgehead atoms. The van der Waals surface area contributed by atoms with Gasteiger partial charge in [0.25, 0.3) is 0 Å². The second kappa shape index (κ2) is 9.14. The van der Waals surface area contributed by atoms with E-state index in [1.54, 1.807) is 12.1 Å². The van der Waals surface area contributed by atoms with Gasteiger partial charge in [0.1, 0.15) is 5.75 Å². The third-order valence-corrected chi connectivity index (χ3v) is 2.49. The highest BCUT2D eigenvalue weighted by molar-refractivity contribution is 5.79. The Balaban J connectivity index is 2.55. The third-order valence-electron chi connectivity index (χ3n) is 2.49. The smallest absolute Gasteiger partial charge is 0.422 e. The minimum atomic E-state index is -4.35. The summed E-state index contributed by atoms with van der Waals surface area (Å²) < 4.78 is 40.7. The van der Waals surface area contributed by atoms with Gasteiger partial charge in [0, 0.05) is 13.1 Å². The first-order valence-corrected chi connectivity index (χ1v) is 6.86. The van der Waals surface area contributed by atoms with Crippen LogP contribution in [0.15, 0.2) is 29.3 Å². The average Bonchev–Trinajstić information content (AvgIpc) is 2.48. The van der Waals surface area contributed by atoms with Crippen LogP contribution in [0.2, 0.25) is 0 Å². The number of hydrogen-bond acceptors (Lipinski definition) is 3. The number of hydrogen-bond donors (Lipinski definition) is 3. The molecule has 0 aromatic heterocycles. The van der Waals surface area contributed by atoms with E-state index >= 15 is 0 Å². The minimum Gasteiger partial charge on any atom is -0.484 e. The summed E-state index contributed by atoms with van der Waals surface area (Å²) in [6.07, 6.45) is -4.35. The first kappa shape index (κ1) is 18.1. The number of aliphatic hydroxyl groups excluding tert-OH is 1. The van der Waals surface area contributed by atoms with Gasteiger partial charge in [-0.15, -0.1) is 0 Å². The van der Waals surface area contributed by atoms with E-state index in [0.717, 1.165) is 5.56 Å². The van der Waals surface area contributed by atoms with Crippen molar-refractivity contribution in [1.82, 2.24) is 10.6 Å². The molecule has 3 N–H and O–H groups in total. The van der Waals surface area contributed by atoms with E-state index in [4.69, 9.17) is 5.11 Å². The molecule has 22 heavy (non-hydrogen) atoms. The number of aliphatic imine (C=N–C) groups is 1. The maximum Gasteiger partial charge on any atom is 0.422 e. The minimum absolute atomic E-state index is 0.00431. The van der Waals surface area contributed by atoms with Crippen molar-refractivity contribution >= 4 is 5.96 Å². The van der Waals surface area contributed by atoms with E-state index in [1.807, 2.05) is 6.92 Å². The zero-order valence-corrected chi connectivity index (χ0v) is 12.3. The van der Waals surface area contributed by atoms with E-state index in [0.29, 0.717) is 25.6 Å². The van der Waals surface area contributed by atoms with Crippen LogP contribution in [-0.2, 0) is 6.54 Å². The lowest BCUT2D eigenvalue weighted by Crippen LogP contribution is -2.38. The van der Waals surface area contributed by atoms with Crippen molar-refractivity contribution in [1.29, 1.82) is 0 Å². The number of nitrogens with zero attached hydrogens (tertiary/aromatic N) is 1. The van der Waals surface area contributed by atoms with Crippen molar-refractivity contribution < 1.29 is 23.0 Å². The van der Waals surface area contributed by atoms with Crippen LogP contribution >= 0.6 is 0 Å². The third kappa shape index (κ3) is 7.72. The molecule has 1 aromatic carbocycles. The molecule has 0 spiro atoms. The van der Waals surface area contributed by atoms with E-state index < -0.39 is 12.8 Å². The number of benzene rings is 1. The first-order valence-electron chi connectivity index (χ1n) is 6.86. The molecule has 0 unspecified atom stereocenters. The molecule has 5 nitrogen and oxygen atoms in total. The van der Waals surface area contributed by atoms with Crippen molar-refractivity contribution in [2.24, 2.45) is 4.99 Å². The number of nitrogens with one attached hydrogen (secondary N) is 2. The second-order valence-corrected chi connectivity index (χ2v) is 4.39. The molecule has 124 valence electrons. The Morgan fingerprint density at radius 3 is 2.45 bits per heavy atom. The average molecular weight is 319 g/mol. The number of aliphatic hydroxyl groups is 1. The zero-order chi connectivity index (χ0) is 16.4. The summed E-state index contributed by atoms with van der Waals surface area (Å²) in [5.74, 6) is 0.726. The topological polar surface area (TPSA) is 65.9 Å². The largest absolute Gasteiger partial charge is 0.484 e. The van der Waals surface area contributed by atoms with E-state index in [-0.39, 0.29) is 12.4 Å². The molecule has 0 fully saturated rings. The fourth-order valence-electron chi connectivity index (χ4n) is 1.54. The number of guanidine groups is 1. The number of ether oxygens (including phenoxy) is 1. The monoisotopic (exact) mass is 319 g/mol. The van der Waals surface area contributed by atoms with Crippen LogP contribution in [0.4, 0.5) is 13.2 Å². The quantitative estimate of drug-likeness (QED) is 0.528. The van der Waals surface area contributed by atoms with Gasteiger partial charge in [-0.2, -0.15) is 13.2 Å². The van der Waals surface area contributed by atoms with Crippen molar-refractivity contribution in [2.75, 3.05) is 26.3 Å². The molecule has 1 aromatic rings. The summed E-state index contributed by atoms with van der Waals surface area (Å²) in [6, 6.07) is 6.27. The fraction of sp³-hybridized carbons (Fsp3) is 0.500. The maximum absolute atomic E-state index is 12.0. The summed E-state index contributed by atoms with van der Waals surface area (Å²) in [4.78, 5) is 4.30. The summed E-state index contributed by atoms with van der Waals surface area (Å²) in [7, 11) is 0. The Morgan fingerprint density at radius 2 is 1.91 bits per heavy atom. The molecular formula is C14H20F3N3O2. The molecule has 0 aliphatic heterocycles. The highest BCUT2D eigenvalue weighted by atomic mass is 19.4.